The monoisotopic (exact) mass is 474 g/mol. The van der Waals surface area contributed by atoms with E-state index in [0.29, 0.717) is 18.0 Å². The minimum atomic E-state index is -0.220. The molecule has 174 valence electrons. The highest BCUT2D eigenvalue weighted by Crippen LogP contribution is 2.26. The number of hydrazone groups is 1. The summed E-state index contributed by atoms with van der Waals surface area (Å²) in [5.41, 5.74) is 7.65. The van der Waals surface area contributed by atoms with Gasteiger partial charge in [-0.1, -0.05) is 53.7 Å². The molecule has 34 heavy (non-hydrogen) atoms. The molecular weight excluding hydrogens is 448 g/mol. The quantitative estimate of drug-likeness (QED) is 0.217. The second-order valence-corrected chi connectivity index (χ2v) is 8.59. The molecule has 4 rings (SSSR count). The van der Waals surface area contributed by atoms with Gasteiger partial charge in [0.2, 0.25) is 0 Å². The van der Waals surface area contributed by atoms with E-state index in [1.165, 1.54) is 22.9 Å². The number of carbonyl (C=O) groups excluding carboxylic acids is 1. The van der Waals surface area contributed by atoms with E-state index in [1.54, 1.807) is 32.6 Å². The summed E-state index contributed by atoms with van der Waals surface area (Å²) in [5, 5.41) is 4.86. The molecule has 1 aromatic heterocycles. The first-order valence-electron chi connectivity index (χ1n) is 10.7. The van der Waals surface area contributed by atoms with Gasteiger partial charge in [-0.25, -0.2) is 10.4 Å². The van der Waals surface area contributed by atoms with Crippen molar-refractivity contribution in [3.8, 4) is 11.5 Å². The van der Waals surface area contributed by atoms with Crippen molar-refractivity contribution in [3.63, 3.8) is 0 Å². The van der Waals surface area contributed by atoms with Gasteiger partial charge >= 0.3 is 0 Å². The molecule has 0 radical (unpaired) electrons. The lowest BCUT2D eigenvalue weighted by molar-refractivity contribution is -0.118. The van der Waals surface area contributed by atoms with E-state index in [1.807, 2.05) is 30.3 Å². The number of aromatic nitrogens is 2. The van der Waals surface area contributed by atoms with Crippen LogP contribution in [0.5, 0.6) is 11.5 Å². The van der Waals surface area contributed by atoms with Crippen LogP contribution < -0.4 is 14.9 Å². The normalized spacial score (nSPS) is 11.1. The number of carbonyl (C=O) groups is 1. The number of para-hydroxylation sites is 2. The van der Waals surface area contributed by atoms with Crippen LogP contribution in [0.15, 0.2) is 77.0 Å². The van der Waals surface area contributed by atoms with Crippen molar-refractivity contribution >= 4 is 34.9 Å². The summed E-state index contributed by atoms with van der Waals surface area (Å²) in [5.74, 6) is 1.26. The Hall–Kier alpha value is -3.78. The summed E-state index contributed by atoms with van der Waals surface area (Å²) in [6.45, 7) is 2.75. The van der Waals surface area contributed by atoms with Crippen LogP contribution in [0.1, 0.15) is 16.7 Å². The van der Waals surface area contributed by atoms with Gasteiger partial charge in [0.15, 0.2) is 5.16 Å². The highest BCUT2D eigenvalue weighted by molar-refractivity contribution is 7.99. The largest absolute Gasteiger partial charge is 0.497 e. The van der Waals surface area contributed by atoms with E-state index in [4.69, 9.17) is 14.5 Å². The number of amides is 1. The molecule has 0 unspecified atom stereocenters. The number of imidazole rings is 1. The Labute approximate surface area is 202 Å². The summed E-state index contributed by atoms with van der Waals surface area (Å²) < 4.78 is 12.7. The van der Waals surface area contributed by atoms with Gasteiger partial charge in [-0.05, 0) is 36.8 Å². The zero-order valence-electron chi connectivity index (χ0n) is 19.3. The molecule has 0 spiro atoms. The van der Waals surface area contributed by atoms with Crippen molar-refractivity contribution in [2.24, 2.45) is 5.10 Å². The zero-order valence-corrected chi connectivity index (χ0v) is 20.1. The third kappa shape index (κ3) is 5.58. The number of nitrogens with zero attached hydrogens (tertiary/aromatic N) is 3. The van der Waals surface area contributed by atoms with Crippen molar-refractivity contribution < 1.29 is 14.3 Å². The molecule has 0 aliphatic rings. The smallest absolute Gasteiger partial charge is 0.250 e. The molecule has 1 N–H and O–H groups in total. The first kappa shape index (κ1) is 23.4. The van der Waals surface area contributed by atoms with Crippen LogP contribution in [0.3, 0.4) is 0 Å². The molecule has 0 bridgehead atoms. The SMILES string of the molecule is COc1ccc(/C=N\NC(=O)CSc2nc3ccccc3n2Cc2ccc(C)cc2)c(OC)c1. The molecule has 8 heteroatoms. The summed E-state index contributed by atoms with van der Waals surface area (Å²) in [6, 6.07) is 21.8. The third-order valence-electron chi connectivity index (χ3n) is 5.25. The highest BCUT2D eigenvalue weighted by Gasteiger charge is 2.13. The fourth-order valence-corrected chi connectivity index (χ4v) is 4.26. The second-order valence-electron chi connectivity index (χ2n) is 7.64. The lowest BCUT2D eigenvalue weighted by Gasteiger charge is -2.09. The Bertz CT molecular complexity index is 1320. The van der Waals surface area contributed by atoms with E-state index in [2.05, 4.69) is 46.3 Å². The van der Waals surface area contributed by atoms with Crippen LogP contribution in [-0.4, -0.2) is 41.6 Å². The molecule has 0 aliphatic carbocycles. The van der Waals surface area contributed by atoms with Crippen molar-refractivity contribution in [1.29, 1.82) is 0 Å². The van der Waals surface area contributed by atoms with Gasteiger partial charge in [0.1, 0.15) is 11.5 Å². The lowest BCUT2D eigenvalue weighted by Crippen LogP contribution is -2.20. The van der Waals surface area contributed by atoms with Gasteiger partial charge < -0.3 is 14.0 Å². The maximum atomic E-state index is 12.4. The fraction of sp³-hybridized carbons (Fsp3) is 0.192. The van der Waals surface area contributed by atoms with E-state index in [-0.39, 0.29) is 11.7 Å². The summed E-state index contributed by atoms with van der Waals surface area (Å²) in [7, 11) is 3.17. The average Bonchev–Trinajstić information content (AvgIpc) is 3.21. The number of hydrogen-bond donors (Lipinski definition) is 1. The van der Waals surface area contributed by atoms with Crippen molar-refractivity contribution in [2.45, 2.75) is 18.6 Å². The van der Waals surface area contributed by atoms with E-state index in [0.717, 1.165) is 21.8 Å². The van der Waals surface area contributed by atoms with Crippen LogP contribution in [0, 0.1) is 6.92 Å². The van der Waals surface area contributed by atoms with E-state index in [9.17, 15) is 4.79 Å². The maximum Gasteiger partial charge on any atom is 0.250 e. The Morgan fingerprint density at radius 2 is 1.88 bits per heavy atom. The molecular formula is C26H26N4O3S. The van der Waals surface area contributed by atoms with Gasteiger partial charge in [0, 0.05) is 11.6 Å². The number of hydrogen-bond acceptors (Lipinski definition) is 6. The number of benzene rings is 3. The summed E-state index contributed by atoms with van der Waals surface area (Å²) in [6.07, 6.45) is 1.55. The van der Waals surface area contributed by atoms with Crippen LogP contribution >= 0.6 is 11.8 Å². The first-order valence-corrected chi connectivity index (χ1v) is 11.7. The second kappa shape index (κ2) is 10.9. The molecule has 0 saturated heterocycles. The lowest BCUT2D eigenvalue weighted by atomic mass is 10.1. The van der Waals surface area contributed by atoms with Gasteiger partial charge in [-0.2, -0.15) is 5.10 Å². The van der Waals surface area contributed by atoms with Gasteiger partial charge in [0.05, 0.1) is 43.8 Å². The summed E-state index contributed by atoms with van der Waals surface area (Å²) in [4.78, 5) is 17.2. The number of fused-ring (bicyclic) bond motifs is 1. The zero-order chi connectivity index (χ0) is 23.9. The number of methoxy groups -OCH3 is 2. The molecule has 7 nitrogen and oxygen atoms in total. The summed E-state index contributed by atoms with van der Waals surface area (Å²) >= 11 is 1.39. The number of ether oxygens (including phenoxy) is 2. The molecule has 0 fully saturated rings. The van der Waals surface area contributed by atoms with Crippen LogP contribution in [0.2, 0.25) is 0 Å². The van der Waals surface area contributed by atoms with Gasteiger partial charge in [-0.15, -0.1) is 0 Å². The predicted octanol–water partition coefficient (Wildman–Crippen LogP) is 4.65. The van der Waals surface area contributed by atoms with Crippen LogP contribution in [0.4, 0.5) is 0 Å². The van der Waals surface area contributed by atoms with Crippen LogP contribution in [0.25, 0.3) is 11.0 Å². The predicted molar refractivity (Wildman–Crippen MR) is 136 cm³/mol. The maximum absolute atomic E-state index is 12.4. The minimum Gasteiger partial charge on any atom is -0.497 e. The van der Waals surface area contributed by atoms with Gasteiger partial charge in [-0.3, -0.25) is 4.79 Å². The molecule has 1 heterocycles. The molecule has 1 amide bonds. The van der Waals surface area contributed by atoms with Crippen molar-refractivity contribution in [2.75, 3.05) is 20.0 Å². The molecule has 0 saturated carbocycles. The topological polar surface area (TPSA) is 77.7 Å². The number of thioether (sulfide) groups is 1. The molecule has 4 aromatic rings. The Morgan fingerprint density at radius 1 is 1.09 bits per heavy atom. The van der Waals surface area contributed by atoms with E-state index >= 15 is 0 Å². The third-order valence-corrected chi connectivity index (χ3v) is 6.22. The van der Waals surface area contributed by atoms with Crippen LogP contribution in [-0.2, 0) is 11.3 Å². The van der Waals surface area contributed by atoms with E-state index < -0.39 is 0 Å². The molecule has 3 aromatic carbocycles. The Morgan fingerprint density at radius 3 is 2.65 bits per heavy atom. The number of nitrogens with one attached hydrogen (secondary N) is 1. The Kier molecular flexibility index (Phi) is 7.49. The minimum absolute atomic E-state index is 0.189. The van der Waals surface area contributed by atoms with Gasteiger partial charge in [0.25, 0.3) is 5.91 Å². The molecule has 0 aliphatic heterocycles. The fourth-order valence-electron chi connectivity index (χ4n) is 3.45. The highest BCUT2D eigenvalue weighted by atomic mass is 32.2. The standard InChI is InChI=1S/C26H26N4O3S/c1-18-8-10-19(11-9-18)16-30-23-7-5-4-6-22(23)28-26(30)34-17-25(31)29-27-15-20-12-13-21(32-2)14-24(20)33-3/h4-15H,16-17H2,1-3H3,(H,29,31)/b27-15-. The van der Waals surface area contributed by atoms with Crippen molar-refractivity contribution in [3.05, 3.63) is 83.4 Å². The number of aryl methyl sites for hydroxylation is 1. The van der Waals surface area contributed by atoms with Crippen molar-refractivity contribution in [1.82, 2.24) is 15.0 Å². The Balaban J connectivity index is 1.43. The molecule has 0 atom stereocenters. The number of rotatable bonds is 9. The average molecular weight is 475 g/mol. The first-order chi connectivity index (χ1) is 16.6.